The number of thiophene rings is 1. The van der Waals surface area contributed by atoms with Crippen molar-refractivity contribution in [3.05, 3.63) is 107 Å². The molecule has 198 valence electrons. The predicted octanol–water partition coefficient (Wildman–Crippen LogP) is 9.27. The molecule has 5 nitrogen and oxygen atoms in total. The first-order valence-corrected chi connectivity index (χ1v) is 14.9. The number of halogens is 1. The predicted molar refractivity (Wildman–Crippen MR) is 157 cm³/mol. The molecular weight excluding hydrogens is 576 g/mol. The first-order valence-electron chi connectivity index (χ1n) is 12.9. The summed E-state index contributed by atoms with van der Waals surface area (Å²) in [6, 6.07) is 30.9. The van der Waals surface area contributed by atoms with Gasteiger partial charge in [-0.1, -0.05) is 46.3 Å². The minimum absolute atomic E-state index is 0.209. The molecule has 1 fully saturated rings. The highest BCUT2D eigenvalue weighted by molar-refractivity contribution is 9.10. The monoisotopic (exact) mass is 602 g/mol. The molecule has 6 rings (SSSR count). The molecule has 0 spiro atoms. The molecule has 7 heteroatoms. The van der Waals surface area contributed by atoms with Gasteiger partial charge in [-0.3, -0.25) is 0 Å². The summed E-state index contributed by atoms with van der Waals surface area (Å²) in [7, 11) is -1.45. The summed E-state index contributed by atoms with van der Waals surface area (Å²) in [5.74, 6) is 2.59. The molecule has 39 heavy (non-hydrogen) atoms. The van der Waals surface area contributed by atoms with Crippen LogP contribution in [0.1, 0.15) is 24.8 Å². The smallest absolute Gasteiger partial charge is 0.223 e. The molecule has 2 heterocycles. The van der Waals surface area contributed by atoms with Gasteiger partial charge in [0.15, 0.2) is 16.7 Å². The Labute approximate surface area is 238 Å². The number of fused-ring (bicyclic) bond motifs is 1. The van der Waals surface area contributed by atoms with Gasteiger partial charge in [-0.25, -0.2) is 0 Å². The molecule has 2 atom stereocenters. The van der Waals surface area contributed by atoms with Crippen molar-refractivity contribution in [1.29, 1.82) is 0 Å². The van der Waals surface area contributed by atoms with E-state index >= 15 is 0 Å². The Kier molecular flexibility index (Phi) is 7.83. The van der Waals surface area contributed by atoms with Crippen LogP contribution >= 0.6 is 26.7 Å². The normalized spacial score (nSPS) is 15.7. The second-order valence-electron chi connectivity index (χ2n) is 9.35. The number of ether oxygens (including phenoxy) is 4. The molecule has 0 amide bonds. The Morgan fingerprint density at radius 1 is 0.846 bits per heavy atom. The van der Waals surface area contributed by atoms with Crippen molar-refractivity contribution in [2.75, 3.05) is 6.61 Å². The third kappa shape index (κ3) is 5.97. The van der Waals surface area contributed by atoms with Crippen LogP contribution < -0.4 is 14.2 Å². The van der Waals surface area contributed by atoms with Gasteiger partial charge in [0, 0.05) is 22.5 Å². The quantitative estimate of drug-likeness (QED) is 0.166. The largest absolute Gasteiger partial charge is 0.590 e. The Hall–Kier alpha value is -3.36. The van der Waals surface area contributed by atoms with E-state index in [2.05, 4.69) is 15.9 Å². The highest BCUT2D eigenvalue weighted by atomic mass is 79.9. The van der Waals surface area contributed by atoms with Gasteiger partial charge in [-0.15, -0.1) is 0 Å². The number of benzene rings is 4. The highest BCUT2D eigenvalue weighted by Gasteiger charge is 2.27. The fourth-order valence-electron chi connectivity index (χ4n) is 4.59. The van der Waals surface area contributed by atoms with Crippen molar-refractivity contribution in [2.24, 2.45) is 0 Å². The van der Waals surface area contributed by atoms with Crippen LogP contribution in [0.25, 0.3) is 20.5 Å². The molecule has 0 N–H and O–H groups in total. The summed E-state index contributed by atoms with van der Waals surface area (Å²) in [5, 5.41) is 0.786. The Morgan fingerprint density at radius 3 is 2.33 bits per heavy atom. The second kappa shape index (κ2) is 11.8. The lowest BCUT2D eigenvalue weighted by molar-refractivity contribution is -0.105. The zero-order valence-electron chi connectivity index (χ0n) is 21.2. The van der Waals surface area contributed by atoms with Crippen LogP contribution in [0.4, 0.5) is 0 Å². The van der Waals surface area contributed by atoms with Crippen molar-refractivity contribution in [1.82, 2.24) is 0 Å². The lowest BCUT2D eigenvalue weighted by atomic mass is 10.1. The van der Waals surface area contributed by atoms with Gasteiger partial charge in [-0.05, 0) is 89.8 Å². The van der Waals surface area contributed by atoms with Gasteiger partial charge < -0.3 is 23.5 Å². The van der Waals surface area contributed by atoms with Crippen LogP contribution in [-0.2, 0) is 11.3 Å². The summed E-state index contributed by atoms with van der Waals surface area (Å²) in [6.45, 7) is 1.16. The van der Waals surface area contributed by atoms with E-state index in [9.17, 15) is 4.55 Å². The Bertz CT molecular complexity index is 1540. The van der Waals surface area contributed by atoms with Crippen LogP contribution in [0, 0.1) is 0 Å². The van der Waals surface area contributed by atoms with Crippen LogP contribution in [-0.4, -0.2) is 17.4 Å². The van der Waals surface area contributed by atoms with Crippen LogP contribution in [0.3, 0.4) is 0 Å². The van der Waals surface area contributed by atoms with E-state index in [1.54, 1.807) is 0 Å². The first kappa shape index (κ1) is 25.9. The molecule has 4 aromatic carbocycles. The third-order valence-electron chi connectivity index (χ3n) is 6.59. The topological polar surface area (TPSA) is 60.0 Å². The Morgan fingerprint density at radius 2 is 1.59 bits per heavy atom. The van der Waals surface area contributed by atoms with E-state index in [0.29, 0.717) is 33.4 Å². The lowest BCUT2D eigenvalue weighted by Gasteiger charge is -2.23. The van der Waals surface area contributed by atoms with Gasteiger partial charge in [0.25, 0.3) is 0 Å². The van der Waals surface area contributed by atoms with Gasteiger partial charge in [0.05, 0.1) is 12.0 Å². The maximum atomic E-state index is 13.9. The van der Waals surface area contributed by atoms with Crippen molar-refractivity contribution in [3.63, 3.8) is 0 Å². The first-order chi connectivity index (χ1) is 19.1. The highest BCUT2D eigenvalue weighted by Crippen LogP contribution is 2.52. The molecule has 5 aromatic rings. The molecule has 1 aliphatic heterocycles. The summed E-state index contributed by atoms with van der Waals surface area (Å²) >= 11 is 3.49. The minimum atomic E-state index is -1.45. The molecule has 2 unspecified atom stereocenters. The van der Waals surface area contributed by atoms with Crippen molar-refractivity contribution >= 4 is 36.8 Å². The maximum absolute atomic E-state index is 13.9. The summed E-state index contributed by atoms with van der Waals surface area (Å²) in [4.78, 5) is 0.633. The number of hydrogen-bond acceptors (Lipinski definition) is 5. The fourth-order valence-corrected chi connectivity index (χ4v) is 6.33. The summed E-state index contributed by atoms with van der Waals surface area (Å²) in [6.07, 6.45) is 2.86. The van der Waals surface area contributed by atoms with E-state index in [4.69, 9.17) is 18.9 Å². The summed E-state index contributed by atoms with van der Waals surface area (Å²) < 4.78 is 39.6. The zero-order valence-corrected chi connectivity index (χ0v) is 23.6. The SMILES string of the molecule is [O-][s+]1c(-c2ccc(Br)cc2)c(Oc2ccc(OC3CCCCO3)cc2)c2ccc(OCc3ccccc3)cc21. The zero-order chi connectivity index (χ0) is 26.6. The van der Waals surface area contributed by atoms with Crippen LogP contribution in [0.5, 0.6) is 23.0 Å². The van der Waals surface area contributed by atoms with E-state index < -0.39 is 10.8 Å². The maximum Gasteiger partial charge on any atom is 0.223 e. The number of hydrogen-bond donors (Lipinski definition) is 0. The average molecular weight is 604 g/mol. The van der Waals surface area contributed by atoms with Crippen molar-refractivity contribution < 1.29 is 23.5 Å². The average Bonchev–Trinajstić information content (AvgIpc) is 3.25. The lowest BCUT2D eigenvalue weighted by Crippen LogP contribution is -2.24. The number of rotatable bonds is 8. The second-order valence-corrected chi connectivity index (χ2v) is 11.7. The molecule has 1 aliphatic rings. The van der Waals surface area contributed by atoms with Gasteiger partial charge in [-0.2, -0.15) is 0 Å². The minimum Gasteiger partial charge on any atom is -0.590 e. The molecule has 0 radical (unpaired) electrons. The molecule has 1 aromatic heterocycles. The molecule has 1 saturated heterocycles. The van der Waals surface area contributed by atoms with E-state index in [0.717, 1.165) is 52.6 Å². The van der Waals surface area contributed by atoms with E-state index in [-0.39, 0.29) is 6.29 Å². The molecule has 0 bridgehead atoms. The van der Waals surface area contributed by atoms with Crippen molar-refractivity contribution in [2.45, 2.75) is 32.2 Å². The molecule has 0 saturated carbocycles. The summed E-state index contributed by atoms with van der Waals surface area (Å²) in [5.41, 5.74) is 1.91. The molecule has 0 aliphatic carbocycles. The van der Waals surface area contributed by atoms with Gasteiger partial charge in [0.2, 0.25) is 4.88 Å². The molecular formula is C32H27BrO5S. The Balaban J connectivity index is 1.31. The van der Waals surface area contributed by atoms with E-state index in [1.807, 2.05) is 97.1 Å². The van der Waals surface area contributed by atoms with Crippen molar-refractivity contribution in [3.8, 4) is 33.4 Å². The van der Waals surface area contributed by atoms with Gasteiger partial charge >= 0.3 is 0 Å². The van der Waals surface area contributed by atoms with Gasteiger partial charge in [0.1, 0.15) is 23.9 Å². The fraction of sp³-hybridized carbons (Fsp3) is 0.188. The van der Waals surface area contributed by atoms with Crippen LogP contribution in [0.15, 0.2) is 102 Å². The standard InChI is InChI=1S/C32H27BrO5S/c33-24-11-9-23(10-12-24)32-31(38-26-15-13-25(14-16-26)37-30-8-4-5-19-35-30)28-18-17-27(20-29(28)39(32)34)36-21-22-6-2-1-3-7-22/h1-3,6-7,9-18,20,30H,4-5,8,19,21H2. The van der Waals surface area contributed by atoms with E-state index in [1.165, 1.54) is 0 Å². The van der Waals surface area contributed by atoms with Crippen LogP contribution in [0.2, 0.25) is 0 Å². The third-order valence-corrected chi connectivity index (χ3v) is 8.65.